The number of unbranched alkanes of at least 4 members (excludes halogenated alkanes) is 12. The Morgan fingerprint density at radius 2 is 1.15 bits per heavy atom. The van der Waals surface area contributed by atoms with Crippen LogP contribution in [0.15, 0.2) is 24.3 Å². The average Bonchev–Trinajstić information content (AvgIpc) is 2.73. The van der Waals surface area contributed by atoms with E-state index in [-0.39, 0.29) is 13.2 Å². The largest absolute Gasteiger partial charge is 0.756 e. The van der Waals surface area contributed by atoms with Gasteiger partial charge in [-0.3, -0.25) is 4.57 Å². The van der Waals surface area contributed by atoms with Crippen molar-refractivity contribution in [3.63, 3.8) is 0 Å². The molecule has 0 aliphatic rings. The van der Waals surface area contributed by atoms with Gasteiger partial charge in [-0.25, -0.2) is 0 Å². The van der Waals surface area contributed by atoms with E-state index in [0.717, 1.165) is 19.3 Å². The fourth-order valence-corrected chi connectivity index (χ4v) is 4.76. The first-order chi connectivity index (χ1) is 15.7. The summed E-state index contributed by atoms with van der Waals surface area (Å²) in [6, 6.07) is 8.90. The molecule has 33 heavy (non-hydrogen) atoms. The van der Waals surface area contributed by atoms with E-state index in [4.69, 9.17) is 9.05 Å². The topological polar surface area (TPSA) is 58.6 Å². The quantitative estimate of drug-likeness (QED) is 0.0660. The van der Waals surface area contributed by atoms with E-state index in [9.17, 15) is 9.46 Å². The highest BCUT2D eigenvalue weighted by Gasteiger charge is 2.12. The summed E-state index contributed by atoms with van der Waals surface area (Å²) in [6.07, 6.45) is 17.4. The van der Waals surface area contributed by atoms with Gasteiger partial charge >= 0.3 is 0 Å². The molecule has 0 aliphatic carbocycles. The minimum atomic E-state index is -4.14. The molecule has 1 atom stereocenters. The summed E-state index contributed by atoms with van der Waals surface area (Å²) in [5.41, 5.74) is 1.47. The van der Waals surface area contributed by atoms with Crippen LogP contribution in [0.25, 0.3) is 0 Å². The lowest BCUT2D eigenvalue weighted by atomic mass is 10.0. The summed E-state index contributed by atoms with van der Waals surface area (Å²) in [5.74, 6) is 0. The van der Waals surface area contributed by atoms with E-state index >= 15 is 0 Å². The third kappa shape index (κ3) is 20.0. The third-order valence-electron chi connectivity index (χ3n) is 5.78. The third-order valence-corrected chi connectivity index (χ3v) is 7.50. The number of rotatable bonds is 21. The molecule has 0 fully saturated rings. The zero-order valence-corrected chi connectivity index (χ0v) is 24.3. The number of phosphoric ester groups is 1. The maximum Gasteiger partial charge on any atom is 0.268 e. The summed E-state index contributed by atoms with van der Waals surface area (Å²) in [5, 5.41) is 0. The van der Waals surface area contributed by atoms with Crippen molar-refractivity contribution in [3.8, 4) is 0 Å². The van der Waals surface area contributed by atoms with E-state index in [0.29, 0.717) is 11.0 Å². The zero-order valence-electron chi connectivity index (χ0n) is 21.2. The van der Waals surface area contributed by atoms with Crippen molar-refractivity contribution in [2.45, 2.75) is 89.9 Å². The van der Waals surface area contributed by atoms with Crippen molar-refractivity contribution in [2.24, 2.45) is 0 Å². The van der Waals surface area contributed by atoms with Crippen LogP contribution in [-0.4, -0.2) is 45.4 Å². The van der Waals surface area contributed by atoms with Gasteiger partial charge in [-0.15, -0.1) is 0 Å². The van der Waals surface area contributed by atoms with Gasteiger partial charge in [-0.05, 0) is 59.5 Å². The summed E-state index contributed by atoms with van der Waals surface area (Å²) in [4.78, 5) is 11.7. The molecule has 0 aromatic heterocycles. The van der Waals surface area contributed by atoms with Gasteiger partial charge in [-0.2, -0.15) is 0 Å². The van der Waals surface area contributed by atoms with Crippen molar-refractivity contribution in [1.82, 2.24) is 0 Å². The minimum absolute atomic E-state index is 0.165. The molecule has 0 saturated carbocycles. The molecule has 7 heteroatoms. The van der Waals surface area contributed by atoms with Gasteiger partial charge in [0.25, 0.3) is 7.82 Å². The normalized spacial score (nSPS) is 13.8. The SMILES string of the molecule is C[N+](C)(C)CCOP(=O)([O-])OCCCCCCCCCCCCCCCc1ccc([125I])cc1. The van der Waals surface area contributed by atoms with Gasteiger partial charge in [0, 0.05) is 3.57 Å². The van der Waals surface area contributed by atoms with Crippen LogP contribution in [0.3, 0.4) is 0 Å². The van der Waals surface area contributed by atoms with Crippen molar-refractivity contribution in [3.05, 3.63) is 33.4 Å². The maximum atomic E-state index is 11.7. The zero-order chi connectivity index (χ0) is 24.4. The van der Waals surface area contributed by atoms with Crippen LogP contribution in [0.5, 0.6) is 0 Å². The molecule has 0 spiro atoms. The fourth-order valence-electron chi connectivity index (χ4n) is 3.67. The standard InChI is InChI=1S/C26H47INO4P/c1-28(2,3)22-24-32-33(29,30)31-23-16-14-12-10-8-6-4-5-7-9-11-13-15-17-25-18-20-26(27)21-19-25/h18-21H,4-17,22-24H2,1-3H3/i27-2. The van der Waals surface area contributed by atoms with Crippen molar-refractivity contribution >= 4 is 30.4 Å². The smallest absolute Gasteiger partial charge is 0.268 e. The van der Waals surface area contributed by atoms with E-state index in [1.165, 1.54) is 79.8 Å². The van der Waals surface area contributed by atoms with E-state index < -0.39 is 7.82 Å². The van der Waals surface area contributed by atoms with Crippen molar-refractivity contribution in [2.75, 3.05) is 40.9 Å². The Balaban J connectivity index is 1.80. The number of benzene rings is 1. The second kappa shape index (κ2) is 18.3. The summed E-state index contributed by atoms with van der Waals surface area (Å²) >= 11 is 2.36. The molecule has 1 unspecified atom stereocenters. The molecule has 1 aromatic carbocycles. The Labute approximate surface area is 217 Å². The molecule has 1 rings (SSSR count). The van der Waals surface area contributed by atoms with Gasteiger partial charge in [0.2, 0.25) is 0 Å². The molecule has 0 aliphatic heterocycles. The van der Waals surface area contributed by atoms with E-state index in [1.54, 1.807) is 0 Å². The number of halogens is 1. The number of hydrogen-bond acceptors (Lipinski definition) is 4. The average molecular weight is 594 g/mol. The van der Waals surface area contributed by atoms with E-state index in [1.807, 2.05) is 21.1 Å². The molecule has 0 N–H and O–H groups in total. The predicted molar refractivity (Wildman–Crippen MR) is 145 cm³/mol. The first-order valence-corrected chi connectivity index (χ1v) is 15.4. The molecule has 0 radical (unpaired) electrons. The number of quaternary nitrogens is 1. The second-order valence-electron chi connectivity index (χ2n) is 10.1. The van der Waals surface area contributed by atoms with Crippen molar-refractivity contribution in [1.29, 1.82) is 0 Å². The van der Waals surface area contributed by atoms with Crippen LogP contribution in [0.2, 0.25) is 0 Å². The number of phosphoric acid groups is 1. The first-order valence-electron chi connectivity index (χ1n) is 12.8. The van der Waals surface area contributed by atoms with Crippen molar-refractivity contribution < 1.29 is 23.0 Å². The monoisotopic (exact) mass is 593 g/mol. The molecule has 5 nitrogen and oxygen atoms in total. The molecule has 0 saturated heterocycles. The summed E-state index contributed by atoms with van der Waals surface area (Å²) in [7, 11) is 1.85. The van der Waals surface area contributed by atoms with Crippen LogP contribution >= 0.6 is 30.4 Å². The Bertz CT molecular complexity index is 649. The lowest BCUT2D eigenvalue weighted by Gasteiger charge is -2.27. The number of likely N-dealkylation sites (N-methyl/N-ethyl adjacent to an activating group) is 1. The summed E-state index contributed by atoms with van der Waals surface area (Å²) in [6.45, 7) is 1.03. The minimum Gasteiger partial charge on any atom is -0.756 e. The summed E-state index contributed by atoms with van der Waals surface area (Å²) < 4.78 is 23.5. The van der Waals surface area contributed by atoms with Crippen LogP contribution in [0.1, 0.15) is 89.0 Å². The Morgan fingerprint density at radius 1 is 0.727 bits per heavy atom. The molecule has 0 amide bonds. The molecule has 192 valence electrons. The van der Waals surface area contributed by atoms with Crippen LogP contribution in [-0.2, 0) is 20.0 Å². The lowest BCUT2D eigenvalue weighted by Crippen LogP contribution is -2.37. The number of nitrogens with zero attached hydrogens (tertiary/aromatic N) is 1. The van der Waals surface area contributed by atoms with Crippen LogP contribution in [0, 0.1) is 3.57 Å². The highest BCUT2D eigenvalue weighted by molar-refractivity contribution is 14.1. The predicted octanol–water partition coefficient (Wildman–Crippen LogP) is 7.11. The van der Waals surface area contributed by atoms with Gasteiger partial charge in [0.05, 0.1) is 27.7 Å². The molecule has 0 heterocycles. The second-order valence-corrected chi connectivity index (χ2v) is 12.8. The van der Waals surface area contributed by atoms with Crippen LogP contribution in [0.4, 0.5) is 0 Å². The van der Waals surface area contributed by atoms with Gasteiger partial charge in [0.15, 0.2) is 0 Å². The van der Waals surface area contributed by atoms with Gasteiger partial charge in [-0.1, -0.05) is 82.8 Å². The Hall–Kier alpha value is 0.0200. The lowest BCUT2D eigenvalue weighted by molar-refractivity contribution is -0.870. The number of aryl methyl sites for hydroxylation is 1. The molecular weight excluding hydrogens is 546 g/mol. The molecule has 1 aromatic rings. The highest BCUT2D eigenvalue weighted by atomic mass is 125. The fraction of sp³-hybridized carbons (Fsp3) is 0.769. The highest BCUT2D eigenvalue weighted by Crippen LogP contribution is 2.38. The Kier molecular flexibility index (Phi) is 17.2. The molecular formula is C26H47INO4P. The number of hydrogen-bond donors (Lipinski definition) is 0. The maximum absolute atomic E-state index is 11.7. The van der Waals surface area contributed by atoms with Gasteiger partial charge < -0.3 is 18.4 Å². The van der Waals surface area contributed by atoms with Crippen LogP contribution < -0.4 is 4.89 Å². The van der Waals surface area contributed by atoms with E-state index in [2.05, 4.69) is 46.9 Å². The Morgan fingerprint density at radius 3 is 1.64 bits per heavy atom. The van der Waals surface area contributed by atoms with Gasteiger partial charge in [0.1, 0.15) is 13.2 Å². The first kappa shape index (κ1) is 31.1. The molecule has 0 bridgehead atoms.